The van der Waals surface area contributed by atoms with Gasteiger partial charge in [0.25, 0.3) is 0 Å². The van der Waals surface area contributed by atoms with Gasteiger partial charge in [0.2, 0.25) is 0 Å². The molecule has 0 aromatic rings. The van der Waals surface area contributed by atoms with Gasteiger partial charge in [0.1, 0.15) is 0 Å². The van der Waals surface area contributed by atoms with Crippen molar-refractivity contribution in [1.29, 1.82) is 0 Å². The van der Waals surface area contributed by atoms with E-state index in [4.69, 9.17) is 0 Å². The quantitative estimate of drug-likeness (QED) is 0.782. The summed E-state index contributed by atoms with van der Waals surface area (Å²) >= 11 is 0. The Kier molecular flexibility index (Phi) is 6.27. The lowest BCUT2D eigenvalue weighted by Gasteiger charge is -2.32. The number of rotatable bonds is 6. The Morgan fingerprint density at radius 2 is 2.12 bits per heavy atom. The van der Waals surface area contributed by atoms with Crippen LogP contribution in [0.1, 0.15) is 32.6 Å². The fourth-order valence-electron chi connectivity index (χ4n) is 2.37. The molecule has 1 aliphatic rings. The number of halogens is 3. The van der Waals surface area contributed by atoms with Crippen LogP contribution in [0.3, 0.4) is 0 Å². The van der Waals surface area contributed by atoms with Crippen molar-refractivity contribution in [3.05, 3.63) is 0 Å². The number of hydrogen-bond acceptors (Lipinski definition) is 2. The van der Waals surface area contributed by atoms with Crippen LogP contribution in [0.15, 0.2) is 0 Å². The van der Waals surface area contributed by atoms with E-state index in [1.807, 2.05) is 0 Å². The molecule has 0 aromatic carbocycles. The normalized spacial score (nSPS) is 22.9. The molecule has 5 heteroatoms. The predicted molar refractivity (Wildman–Crippen MR) is 63.0 cm³/mol. The number of nitrogens with zero attached hydrogens (tertiary/aromatic N) is 1. The van der Waals surface area contributed by atoms with E-state index in [2.05, 4.69) is 17.1 Å². The highest BCUT2D eigenvalue weighted by Gasteiger charge is 2.27. The van der Waals surface area contributed by atoms with Crippen molar-refractivity contribution in [2.45, 2.75) is 38.8 Å². The molecule has 1 saturated heterocycles. The van der Waals surface area contributed by atoms with Gasteiger partial charge in [0.15, 0.2) is 0 Å². The number of hydrogen-bond donors (Lipinski definition) is 1. The number of likely N-dealkylation sites (tertiary alicyclic amines) is 1. The molecule has 17 heavy (non-hydrogen) atoms. The second kappa shape index (κ2) is 7.21. The molecule has 1 rings (SSSR count). The molecule has 0 aliphatic carbocycles. The molecule has 0 aromatic heterocycles. The smallest absolute Gasteiger partial charge is 0.317 e. The van der Waals surface area contributed by atoms with E-state index in [1.165, 1.54) is 6.42 Å². The van der Waals surface area contributed by atoms with E-state index in [0.29, 0.717) is 12.5 Å². The zero-order chi connectivity index (χ0) is 12.7. The zero-order valence-corrected chi connectivity index (χ0v) is 10.5. The second-order valence-corrected chi connectivity index (χ2v) is 4.84. The van der Waals surface area contributed by atoms with Crippen molar-refractivity contribution in [3.63, 3.8) is 0 Å². The van der Waals surface area contributed by atoms with E-state index in [-0.39, 0.29) is 6.42 Å². The minimum Gasteiger partial charge on any atom is -0.317 e. The number of alkyl halides is 3. The van der Waals surface area contributed by atoms with Crippen molar-refractivity contribution in [1.82, 2.24) is 10.2 Å². The highest BCUT2D eigenvalue weighted by molar-refractivity contribution is 4.74. The van der Waals surface area contributed by atoms with Gasteiger partial charge < -0.3 is 10.2 Å². The minimum absolute atomic E-state index is 0.234. The molecule has 1 heterocycles. The van der Waals surface area contributed by atoms with Gasteiger partial charge in [-0.3, -0.25) is 0 Å². The van der Waals surface area contributed by atoms with E-state index in [1.54, 1.807) is 0 Å². The minimum atomic E-state index is -4.00. The Hall–Kier alpha value is -0.290. The first kappa shape index (κ1) is 14.8. The van der Waals surface area contributed by atoms with E-state index in [0.717, 1.165) is 32.6 Å². The van der Waals surface area contributed by atoms with Gasteiger partial charge in [0.05, 0.1) is 0 Å². The Labute approximate surface area is 102 Å². The molecular weight excluding hydrogens is 229 g/mol. The molecule has 2 nitrogen and oxygen atoms in total. The van der Waals surface area contributed by atoms with Crippen LogP contribution >= 0.6 is 0 Å². The van der Waals surface area contributed by atoms with Gasteiger partial charge in [0, 0.05) is 13.0 Å². The van der Waals surface area contributed by atoms with Crippen molar-refractivity contribution in [2.24, 2.45) is 5.92 Å². The van der Waals surface area contributed by atoms with Gasteiger partial charge in [-0.25, -0.2) is 0 Å². The van der Waals surface area contributed by atoms with Crippen LogP contribution in [0, 0.1) is 5.92 Å². The maximum Gasteiger partial charge on any atom is 0.389 e. The van der Waals surface area contributed by atoms with Crippen molar-refractivity contribution in [2.75, 3.05) is 32.7 Å². The topological polar surface area (TPSA) is 15.3 Å². The summed E-state index contributed by atoms with van der Waals surface area (Å²) in [6.45, 7) is 6.52. The van der Waals surface area contributed by atoms with Crippen LogP contribution in [-0.2, 0) is 0 Å². The summed E-state index contributed by atoms with van der Waals surface area (Å²) in [5.41, 5.74) is 0. The Balaban J connectivity index is 2.16. The summed E-state index contributed by atoms with van der Waals surface area (Å²) in [7, 11) is 0. The highest BCUT2D eigenvalue weighted by atomic mass is 19.4. The molecule has 1 aliphatic heterocycles. The third kappa shape index (κ3) is 6.88. The molecule has 0 radical (unpaired) electrons. The monoisotopic (exact) mass is 252 g/mol. The van der Waals surface area contributed by atoms with Crippen molar-refractivity contribution >= 4 is 0 Å². The molecule has 0 bridgehead atoms. The zero-order valence-electron chi connectivity index (χ0n) is 10.5. The third-order valence-corrected chi connectivity index (χ3v) is 3.22. The SMILES string of the molecule is CCNCC1CCCN(CCCC(F)(F)F)C1. The lowest BCUT2D eigenvalue weighted by molar-refractivity contribution is -0.136. The standard InChI is InChI=1S/C12H23F3N2/c1-2-16-9-11-5-3-7-17(10-11)8-4-6-12(13,14)15/h11,16H,2-10H2,1H3. The lowest BCUT2D eigenvalue weighted by atomic mass is 9.98. The molecule has 1 N–H and O–H groups in total. The average Bonchev–Trinajstić information content (AvgIpc) is 2.25. The molecule has 1 fully saturated rings. The summed E-state index contributed by atoms with van der Waals surface area (Å²) < 4.78 is 36.1. The molecule has 102 valence electrons. The van der Waals surface area contributed by atoms with Gasteiger partial charge in [-0.15, -0.1) is 0 Å². The summed E-state index contributed by atoms with van der Waals surface area (Å²) in [6, 6.07) is 0. The maximum atomic E-state index is 12.0. The van der Waals surface area contributed by atoms with Gasteiger partial charge >= 0.3 is 6.18 Å². The van der Waals surface area contributed by atoms with Gasteiger partial charge in [-0.1, -0.05) is 6.92 Å². The Bertz CT molecular complexity index is 206. The van der Waals surface area contributed by atoms with Crippen LogP contribution < -0.4 is 5.32 Å². The van der Waals surface area contributed by atoms with Crippen molar-refractivity contribution in [3.8, 4) is 0 Å². The fourth-order valence-corrected chi connectivity index (χ4v) is 2.37. The van der Waals surface area contributed by atoms with E-state index >= 15 is 0 Å². The van der Waals surface area contributed by atoms with Crippen LogP contribution in [0.2, 0.25) is 0 Å². The number of nitrogens with one attached hydrogen (secondary N) is 1. The average molecular weight is 252 g/mol. The van der Waals surface area contributed by atoms with Gasteiger partial charge in [-0.05, 0) is 51.4 Å². The molecule has 0 saturated carbocycles. The Morgan fingerprint density at radius 1 is 1.35 bits per heavy atom. The van der Waals surface area contributed by atoms with Crippen LogP contribution in [0.4, 0.5) is 13.2 Å². The van der Waals surface area contributed by atoms with Crippen LogP contribution in [0.5, 0.6) is 0 Å². The van der Waals surface area contributed by atoms with E-state index in [9.17, 15) is 13.2 Å². The second-order valence-electron chi connectivity index (χ2n) is 4.84. The largest absolute Gasteiger partial charge is 0.389 e. The summed E-state index contributed by atoms with van der Waals surface area (Å²) in [6.07, 6.45) is -2.11. The first-order valence-electron chi connectivity index (χ1n) is 6.51. The van der Waals surface area contributed by atoms with Crippen molar-refractivity contribution < 1.29 is 13.2 Å². The lowest BCUT2D eigenvalue weighted by Crippen LogP contribution is -2.40. The van der Waals surface area contributed by atoms with Crippen LogP contribution in [-0.4, -0.2) is 43.8 Å². The summed E-state index contributed by atoms with van der Waals surface area (Å²) in [5.74, 6) is 0.606. The fraction of sp³-hybridized carbons (Fsp3) is 1.00. The summed E-state index contributed by atoms with van der Waals surface area (Å²) in [5, 5.41) is 3.31. The van der Waals surface area contributed by atoms with Gasteiger partial charge in [-0.2, -0.15) is 13.2 Å². The highest BCUT2D eigenvalue weighted by Crippen LogP contribution is 2.22. The summed E-state index contributed by atoms with van der Waals surface area (Å²) in [4.78, 5) is 2.18. The molecule has 1 unspecified atom stereocenters. The molecular formula is C12H23F3N2. The first-order chi connectivity index (χ1) is 8.01. The Morgan fingerprint density at radius 3 is 2.76 bits per heavy atom. The number of piperidine rings is 1. The maximum absolute atomic E-state index is 12.0. The van der Waals surface area contributed by atoms with E-state index < -0.39 is 12.6 Å². The molecule has 0 amide bonds. The predicted octanol–water partition coefficient (Wildman–Crippen LogP) is 2.65. The first-order valence-corrected chi connectivity index (χ1v) is 6.51. The molecule has 1 atom stereocenters. The third-order valence-electron chi connectivity index (χ3n) is 3.22. The molecule has 0 spiro atoms. The van der Waals surface area contributed by atoms with Crippen LogP contribution in [0.25, 0.3) is 0 Å².